The Kier molecular flexibility index (Phi) is 9.94. The largest absolute Gasteiger partial charge is 0.443 e. The number of halogens is 1. The molecule has 1 saturated heterocycles. The lowest BCUT2D eigenvalue weighted by Gasteiger charge is -2.34. The van der Waals surface area contributed by atoms with Crippen LogP contribution in [0.5, 0.6) is 0 Å². The number of oxazole rings is 1. The molecule has 0 amide bonds. The Morgan fingerprint density at radius 1 is 1.10 bits per heavy atom. The minimum atomic E-state index is -0.0473. The Labute approximate surface area is 202 Å². The number of guanidine groups is 1. The van der Waals surface area contributed by atoms with Crippen molar-refractivity contribution in [1.82, 2.24) is 30.5 Å². The molecule has 0 bridgehead atoms. The fraction of sp³-hybridized carbons (Fsp3) is 0.619. The molecule has 0 aromatic carbocycles. The van der Waals surface area contributed by atoms with Crippen LogP contribution in [0.1, 0.15) is 39.3 Å². The fourth-order valence-corrected chi connectivity index (χ4v) is 3.18. The number of hydrogen-bond acceptors (Lipinski definition) is 7. The van der Waals surface area contributed by atoms with Crippen LogP contribution >= 0.6 is 24.0 Å². The van der Waals surface area contributed by atoms with Gasteiger partial charge in [0, 0.05) is 63.6 Å². The number of nitrogens with one attached hydrogen (secondary N) is 2. The molecule has 10 heteroatoms. The molecule has 0 unspecified atom stereocenters. The maximum atomic E-state index is 5.83. The van der Waals surface area contributed by atoms with Crippen molar-refractivity contribution in [3.63, 3.8) is 0 Å². The maximum absolute atomic E-state index is 5.83. The van der Waals surface area contributed by atoms with E-state index in [2.05, 4.69) is 68.1 Å². The van der Waals surface area contributed by atoms with Crippen molar-refractivity contribution in [3.8, 4) is 0 Å². The second-order valence-corrected chi connectivity index (χ2v) is 8.37. The topological polar surface area (TPSA) is 94.7 Å². The van der Waals surface area contributed by atoms with E-state index in [4.69, 9.17) is 4.42 Å². The zero-order valence-corrected chi connectivity index (χ0v) is 21.3. The molecule has 0 atom stereocenters. The SMILES string of the molecule is CCNC(=NCc1ncc(C(C)(C)C)o1)NCCN1CCN(c2ncccn2)CC1.I. The van der Waals surface area contributed by atoms with Gasteiger partial charge in [-0.15, -0.1) is 24.0 Å². The van der Waals surface area contributed by atoms with Gasteiger partial charge in [-0.25, -0.2) is 19.9 Å². The molecule has 172 valence electrons. The summed E-state index contributed by atoms with van der Waals surface area (Å²) in [6.07, 6.45) is 5.39. The summed E-state index contributed by atoms with van der Waals surface area (Å²) in [5.41, 5.74) is -0.0473. The number of hydrogen-bond donors (Lipinski definition) is 2. The minimum absolute atomic E-state index is 0. The second kappa shape index (κ2) is 12.2. The van der Waals surface area contributed by atoms with Crippen LogP contribution in [0.15, 0.2) is 34.1 Å². The van der Waals surface area contributed by atoms with E-state index in [9.17, 15) is 0 Å². The van der Waals surface area contributed by atoms with Crippen molar-refractivity contribution in [3.05, 3.63) is 36.3 Å². The van der Waals surface area contributed by atoms with E-state index < -0.39 is 0 Å². The van der Waals surface area contributed by atoms with Crippen LogP contribution in [0.4, 0.5) is 5.95 Å². The van der Waals surface area contributed by atoms with E-state index in [0.717, 1.165) is 63.5 Å². The highest BCUT2D eigenvalue weighted by Crippen LogP contribution is 2.22. The Morgan fingerprint density at radius 2 is 1.81 bits per heavy atom. The molecule has 3 heterocycles. The van der Waals surface area contributed by atoms with E-state index in [1.807, 2.05) is 6.07 Å². The monoisotopic (exact) mass is 542 g/mol. The Bertz CT molecular complexity index is 797. The molecule has 2 N–H and O–H groups in total. The van der Waals surface area contributed by atoms with Gasteiger partial charge in [0.25, 0.3) is 0 Å². The first-order valence-electron chi connectivity index (χ1n) is 10.7. The molecule has 3 rings (SSSR count). The predicted molar refractivity (Wildman–Crippen MR) is 134 cm³/mol. The lowest BCUT2D eigenvalue weighted by atomic mass is 9.94. The van der Waals surface area contributed by atoms with Crippen LogP contribution in [-0.4, -0.2) is 71.6 Å². The molecule has 0 aliphatic carbocycles. The molecule has 2 aromatic heterocycles. The van der Waals surface area contributed by atoms with Crippen LogP contribution in [0, 0.1) is 0 Å². The first-order valence-corrected chi connectivity index (χ1v) is 10.7. The molecule has 9 nitrogen and oxygen atoms in total. The molecular weight excluding hydrogens is 507 g/mol. The summed E-state index contributed by atoms with van der Waals surface area (Å²) in [7, 11) is 0. The van der Waals surface area contributed by atoms with Gasteiger partial charge in [-0.2, -0.15) is 0 Å². The molecule has 1 aliphatic rings. The molecule has 0 spiro atoms. The summed E-state index contributed by atoms with van der Waals surface area (Å²) in [4.78, 5) is 22.3. The predicted octanol–water partition coefficient (Wildman–Crippen LogP) is 2.26. The summed E-state index contributed by atoms with van der Waals surface area (Å²) >= 11 is 0. The van der Waals surface area contributed by atoms with Gasteiger partial charge in [0.2, 0.25) is 11.8 Å². The van der Waals surface area contributed by atoms with Crippen LogP contribution < -0.4 is 15.5 Å². The van der Waals surface area contributed by atoms with E-state index in [1.165, 1.54) is 0 Å². The van der Waals surface area contributed by atoms with Gasteiger partial charge in [-0.1, -0.05) is 20.8 Å². The average Bonchev–Trinajstić information content (AvgIpc) is 3.23. The van der Waals surface area contributed by atoms with Gasteiger partial charge in [-0.3, -0.25) is 4.90 Å². The third-order valence-electron chi connectivity index (χ3n) is 4.94. The molecule has 1 aliphatic heterocycles. The fourth-order valence-electron chi connectivity index (χ4n) is 3.18. The van der Waals surface area contributed by atoms with Crippen molar-refractivity contribution >= 4 is 35.9 Å². The highest BCUT2D eigenvalue weighted by atomic mass is 127. The molecule has 1 fully saturated rings. The smallest absolute Gasteiger partial charge is 0.225 e. The van der Waals surface area contributed by atoms with Gasteiger partial charge in [0.15, 0.2) is 5.96 Å². The molecule has 0 radical (unpaired) electrons. The second-order valence-electron chi connectivity index (χ2n) is 8.37. The van der Waals surface area contributed by atoms with Gasteiger partial charge in [-0.05, 0) is 13.0 Å². The van der Waals surface area contributed by atoms with Crippen molar-refractivity contribution in [2.75, 3.05) is 50.7 Å². The molecular formula is C21H35IN8O. The zero-order chi connectivity index (χ0) is 21.4. The first kappa shape index (κ1) is 25.3. The average molecular weight is 542 g/mol. The normalized spacial score (nSPS) is 15.5. The van der Waals surface area contributed by atoms with Gasteiger partial charge in [0.1, 0.15) is 12.3 Å². The number of anilines is 1. The molecule has 31 heavy (non-hydrogen) atoms. The molecule has 2 aromatic rings. The number of aliphatic imine (C=N–C) groups is 1. The zero-order valence-electron chi connectivity index (χ0n) is 19.0. The Balaban J connectivity index is 0.00000341. The standard InChI is InChI=1S/C21H34N8O.HI/c1-5-22-19(27-16-18-26-15-17(30-18)21(2,3)4)23-9-10-28-11-13-29(14-12-28)20-24-7-6-8-25-20;/h6-8,15H,5,9-14,16H2,1-4H3,(H2,22,23,27);1H. The number of aromatic nitrogens is 3. The summed E-state index contributed by atoms with van der Waals surface area (Å²) < 4.78 is 5.83. The van der Waals surface area contributed by atoms with E-state index in [1.54, 1.807) is 18.6 Å². The van der Waals surface area contributed by atoms with Crippen molar-refractivity contribution in [1.29, 1.82) is 0 Å². The lowest BCUT2D eigenvalue weighted by molar-refractivity contribution is 0.260. The van der Waals surface area contributed by atoms with Crippen molar-refractivity contribution in [2.24, 2.45) is 4.99 Å². The van der Waals surface area contributed by atoms with Gasteiger partial charge >= 0.3 is 0 Å². The third-order valence-corrected chi connectivity index (χ3v) is 4.94. The highest BCUT2D eigenvalue weighted by molar-refractivity contribution is 14.0. The van der Waals surface area contributed by atoms with Crippen LogP contribution in [0.25, 0.3) is 0 Å². The Morgan fingerprint density at radius 3 is 2.42 bits per heavy atom. The van der Waals surface area contributed by atoms with Gasteiger partial charge < -0.3 is 20.0 Å². The minimum Gasteiger partial charge on any atom is -0.443 e. The number of rotatable bonds is 7. The number of nitrogens with zero attached hydrogens (tertiary/aromatic N) is 6. The van der Waals surface area contributed by atoms with E-state index >= 15 is 0 Å². The Hall–Kier alpha value is -1.95. The lowest BCUT2D eigenvalue weighted by Crippen LogP contribution is -2.49. The summed E-state index contributed by atoms with van der Waals surface area (Å²) in [6, 6.07) is 1.85. The van der Waals surface area contributed by atoms with Crippen LogP contribution in [-0.2, 0) is 12.0 Å². The maximum Gasteiger partial charge on any atom is 0.225 e. The summed E-state index contributed by atoms with van der Waals surface area (Å²) in [5, 5.41) is 6.69. The van der Waals surface area contributed by atoms with Crippen LogP contribution in [0.3, 0.4) is 0 Å². The summed E-state index contributed by atoms with van der Waals surface area (Å²) in [5.74, 6) is 3.12. The van der Waals surface area contributed by atoms with Gasteiger partial charge in [0.05, 0.1) is 6.20 Å². The first-order chi connectivity index (χ1) is 14.5. The third kappa shape index (κ3) is 7.91. The van der Waals surface area contributed by atoms with E-state index in [-0.39, 0.29) is 29.4 Å². The summed E-state index contributed by atoms with van der Waals surface area (Å²) in [6.45, 7) is 15.3. The van der Waals surface area contributed by atoms with Crippen LogP contribution in [0.2, 0.25) is 0 Å². The highest BCUT2D eigenvalue weighted by Gasteiger charge is 2.20. The quantitative estimate of drug-likeness (QED) is 0.313. The number of piperazine rings is 1. The molecule has 0 saturated carbocycles. The van der Waals surface area contributed by atoms with Crippen molar-refractivity contribution in [2.45, 2.75) is 39.7 Å². The van der Waals surface area contributed by atoms with E-state index in [0.29, 0.717) is 12.4 Å². The van der Waals surface area contributed by atoms with Crippen molar-refractivity contribution < 1.29 is 4.42 Å².